The van der Waals surface area contributed by atoms with Gasteiger partial charge in [0.1, 0.15) is 17.2 Å². The molecule has 0 saturated carbocycles. The van der Waals surface area contributed by atoms with Gasteiger partial charge in [0, 0.05) is 22.8 Å². The number of rotatable bonds is 5. The molecule has 4 aromatic rings. The zero-order valence-corrected chi connectivity index (χ0v) is 16.5. The van der Waals surface area contributed by atoms with E-state index in [0.717, 1.165) is 11.1 Å². The van der Waals surface area contributed by atoms with E-state index in [1.54, 1.807) is 54.4 Å². The molecule has 0 aliphatic heterocycles. The smallest absolute Gasteiger partial charge is 0.274 e. The van der Waals surface area contributed by atoms with E-state index in [1.807, 2.05) is 18.2 Å². The maximum absolute atomic E-state index is 12.8. The fraction of sp³-hybridized carbons (Fsp3) is 0.0952. The third-order valence-electron chi connectivity index (χ3n) is 4.39. The van der Waals surface area contributed by atoms with Crippen molar-refractivity contribution in [2.24, 2.45) is 0 Å². The number of amides is 1. The summed E-state index contributed by atoms with van der Waals surface area (Å²) in [5.74, 6) is 0.752. The molecule has 2 heterocycles. The van der Waals surface area contributed by atoms with Crippen LogP contribution in [0.2, 0.25) is 5.02 Å². The molecule has 0 bridgehead atoms. The van der Waals surface area contributed by atoms with Crippen LogP contribution in [0.4, 0.5) is 5.69 Å². The van der Waals surface area contributed by atoms with E-state index in [2.05, 4.69) is 15.4 Å². The lowest BCUT2D eigenvalue weighted by molar-refractivity contribution is 0.102. The van der Waals surface area contributed by atoms with Crippen molar-refractivity contribution in [2.75, 3.05) is 19.5 Å². The number of carbonyl (C=O) groups is 1. The number of anilines is 1. The summed E-state index contributed by atoms with van der Waals surface area (Å²) in [7, 11) is 3.09. The summed E-state index contributed by atoms with van der Waals surface area (Å²) in [6.07, 6.45) is 3.39. The number of methoxy groups -OCH3 is 2. The van der Waals surface area contributed by atoms with Gasteiger partial charge in [0.2, 0.25) is 0 Å². The van der Waals surface area contributed by atoms with E-state index < -0.39 is 0 Å². The third kappa shape index (κ3) is 3.72. The molecule has 1 amide bonds. The highest BCUT2D eigenvalue weighted by atomic mass is 35.5. The maximum atomic E-state index is 12.8. The largest absolute Gasteiger partial charge is 0.497 e. The van der Waals surface area contributed by atoms with Gasteiger partial charge in [0.15, 0.2) is 5.65 Å². The van der Waals surface area contributed by atoms with Crippen LogP contribution < -0.4 is 14.8 Å². The van der Waals surface area contributed by atoms with Crippen molar-refractivity contribution >= 4 is 28.8 Å². The highest BCUT2D eigenvalue weighted by molar-refractivity contribution is 6.30. The number of halogens is 1. The van der Waals surface area contributed by atoms with Gasteiger partial charge < -0.3 is 14.8 Å². The molecule has 0 spiro atoms. The lowest BCUT2D eigenvalue weighted by Crippen LogP contribution is -2.15. The van der Waals surface area contributed by atoms with Crippen LogP contribution >= 0.6 is 11.6 Å². The Labute approximate surface area is 171 Å². The lowest BCUT2D eigenvalue weighted by Gasteiger charge is -2.11. The van der Waals surface area contributed by atoms with Crippen molar-refractivity contribution in [1.82, 2.24) is 14.6 Å². The molecule has 146 valence electrons. The van der Waals surface area contributed by atoms with E-state index in [9.17, 15) is 4.79 Å². The summed E-state index contributed by atoms with van der Waals surface area (Å²) >= 11 is 6.10. The first-order valence-electron chi connectivity index (χ1n) is 8.73. The number of benzene rings is 2. The van der Waals surface area contributed by atoms with E-state index >= 15 is 0 Å². The van der Waals surface area contributed by atoms with Crippen LogP contribution in [0.3, 0.4) is 0 Å². The zero-order chi connectivity index (χ0) is 20.4. The molecule has 0 aliphatic carbocycles. The quantitative estimate of drug-likeness (QED) is 0.532. The number of aromatic nitrogens is 3. The van der Waals surface area contributed by atoms with Crippen LogP contribution in [0.1, 0.15) is 10.5 Å². The predicted molar refractivity (Wildman–Crippen MR) is 111 cm³/mol. The Hall–Kier alpha value is -3.58. The first-order valence-corrected chi connectivity index (χ1v) is 9.10. The molecule has 7 nitrogen and oxygen atoms in total. The number of carbonyl (C=O) groups excluding carboxylic acids is 1. The zero-order valence-electron chi connectivity index (χ0n) is 15.7. The van der Waals surface area contributed by atoms with Gasteiger partial charge in [-0.05, 0) is 35.9 Å². The van der Waals surface area contributed by atoms with E-state index in [0.29, 0.717) is 27.9 Å². The molecule has 8 heteroatoms. The maximum Gasteiger partial charge on any atom is 0.274 e. The molecular formula is C21H17ClN4O3. The number of nitrogens with zero attached hydrogens (tertiary/aromatic N) is 3. The SMILES string of the molecule is COc1ccc(NC(=O)c2ccn3ncc(-c4cccc(Cl)c4)c3n2)c(OC)c1. The van der Waals surface area contributed by atoms with Crippen LogP contribution in [-0.2, 0) is 0 Å². The second-order valence-electron chi connectivity index (χ2n) is 6.17. The third-order valence-corrected chi connectivity index (χ3v) is 4.63. The van der Waals surface area contributed by atoms with E-state index in [-0.39, 0.29) is 11.6 Å². The number of ether oxygens (including phenoxy) is 2. The van der Waals surface area contributed by atoms with E-state index in [1.165, 1.54) is 7.11 Å². The van der Waals surface area contributed by atoms with Crippen molar-refractivity contribution in [2.45, 2.75) is 0 Å². The average Bonchev–Trinajstić information content (AvgIpc) is 3.17. The monoisotopic (exact) mass is 408 g/mol. The minimum absolute atomic E-state index is 0.249. The summed E-state index contributed by atoms with van der Waals surface area (Å²) in [4.78, 5) is 17.3. The minimum atomic E-state index is -0.366. The summed E-state index contributed by atoms with van der Waals surface area (Å²) in [5.41, 5.74) is 2.97. The first kappa shape index (κ1) is 18.8. The number of nitrogens with one attached hydrogen (secondary N) is 1. The molecule has 0 unspecified atom stereocenters. The molecule has 0 radical (unpaired) electrons. The van der Waals surface area contributed by atoms with Gasteiger partial charge in [-0.2, -0.15) is 5.10 Å². The van der Waals surface area contributed by atoms with Crippen molar-refractivity contribution < 1.29 is 14.3 Å². The van der Waals surface area contributed by atoms with Crippen LogP contribution in [0.25, 0.3) is 16.8 Å². The number of hydrogen-bond acceptors (Lipinski definition) is 5. The number of fused-ring (bicyclic) bond motifs is 1. The van der Waals surface area contributed by atoms with Crippen molar-refractivity contribution in [3.63, 3.8) is 0 Å². The Balaban J connectivity index is 1.68. The topological polar surface area (TPSA) is 77.8 Å². The first-order chi connectivity index (χ1) is 14.1. The van der Waals surface area contributed by atoms with Crippen molar-refractivity contribution in [3.8, 4) is 22.6 Å². The summed E-state index contributed by atoms with van der Waals surface area (Å²) in [6.45, 7) is 0. The van der Waals surface area contributed by atoms with Crippen LogP contribution in [0.15, 0.2) is 60.9 Å². The molecule has 0 saturated heterocycles. The van der Waals surface area contributed by atoms with Gasteiger partial charge in [-0.3, -0.25) is 4.79 Å². The Morgan fingerprint density at radius 3 is 2.72 bits per heavy atom. The fourth-order valence-corrected chi connectivity index (χ4v) is 3.13. The summed E-state index contributed by atoms with van der Waals surface area (Å²) in [5, 5.41) is 7.74. The Bertz CT molecular complexity index is 1210. The normalized spacial score (nSPS) is 10.7. The number of hydrogen-bond donors (Lipinski definition) is 1. The van der Waals surface area contributed by atoms with Gasteiger partial charge in [0.25, 0.3) is 5.91 Å². The highest BCUT2D eigenvalue weighted by Crippen LogP contribution is 2.30. The summed E-state index contributed by atoms with van der Waals surface area (Å²) in [6, 6.07) is 14.1. The molecular weight excluding hydrogens is 392 g/mol. The van der Waals surface area contributed by atoms with Gasteiger partial charge >= 0.3 is 0 Å². The summed E-state index contributed by atoms with van der Waals surface area (Å²) < 4.78 is 12.1. The van der Waals surface area contributed by atoms with Gasteiger partial charge in [0.05, 0.1) is 26.1 Å². The van der Waals surface area contributed by atoms with Crippen molar-refractivity contribution in [3.05, 3.63) is 71.6 Å². The molecule has 4 rings (SSSR count). The van der Waals surface area contributed by atoms with Crippen LogP contribution in [0, 0.1) is 0 Å². The predicted octanol–water partition coefficient (Wildman–Crippen LogP) is 4.32. The molecule has 2 aromatic heterocycles. The second-order valence-corrected chi connectivity index (χ2v) is 6.61. The van der Waals surface area contributed by atoms with Crippen molar-refractivity contribution in [1.29, 1.82) is 0 Å². The van der Waals surface area contributed by atoms with Crippen LogP contribution in [0.5, 0.6) is 11.5 Å². The Morgan fingerprint density at radius 2 is 1.97 bits per heavy atom. The standard InChI is InChI=1S/C21H17ClN4O3/c1-28-15-6-7-17(19(11-15)29-2)25-21(27)18-8-9-26-20(24-18)16(12-23-26)13-4-3-5-14(22)10-13/h3-12H,1-2H3,(H,25,27). The minimum Gasteiger partial charge on any atom is -0.497 e. The molecule has 0 fully saturated rings. The van der Waals surface area contributed by atoms with Gasteiger partial charge in [-0.25, -0.2) is 9.50 Å². The molecule has 2 aromatic carbocycles. The Morgan fingerprint density at radius 1 is 1.10 bits per heavy atom. The molecule has 0 aliphatic rings. The van der Waals surface area contributed by atoms with E-state index in [4.69, 9.17) is 21.1 Å². The van der Waals surface area contributed by atoms with Gasteiger partial charge in [-0.1, -0.05) is 23.7 Å². The fourth-order valence-electron chi connectivity index (χ4n) is 2.94. The molecule has 1 N–H and O–H groups in total. The second kappa shape index (κ2) is 7.81. The van der Waals surface area contributed by atoms with Gasteiger partial charge in [-0.15, -0.1) is 0 Å². The molecule has 29 heavy (non-hydrogen) atoms. The lowest BCUT2D eigenvalue weighted by atomic mass is 10.1. The Kier molecular flexibility index (Phi) is 5.05. The highest BCUT2D eigenvalue weighted by Gasteiger charge is 2.15. The van der Waals surface area contributed by atoms with Crippen LogP contribution in [-0.4, -0.2) is 34.7 Å². The molecule has 0 atom stereocenters. The average molecular weight is 409 g/mol.